The van der Waals surface area contributed by atoms with Crippen molar-refractivity contribution in [2.45, 2.75) is 61.4 Å². The number of hydrogen-bond donors (Lipinski definition) is 1. The van der Waals surface area contributed by atoms with Gasteiger partial charge < -0.3 is 15.1 Å². The van der Waals surface area contributed by atoms with Gasteiger partial charge in [-0.25, -0.2) is 8.42 Å². The molecule has 9 heteroatoms. The Hall–Kier alpha value is -3.20. The highest BCUT2D eigenvalue weighted by molar-refractivity contribution is 7.91. The van der Waals surface area contributed by atoms with Crippen LogP contribution in [0.5, 0.6) is 0 Å². The first-order valence-electron chi connectivity index (χ1n) is 13.9. The number of nitrogens with zero attached hydrogens (tertiary/aromatic N) is 2. The molecule has 40 heavy (non-hydrogen) atoms. The van der Waals surface area contributed by atoms with Gasteiger partial charge in [0.05, 0.1) is 27.6 Å². The molecule has 0 aromatic heterocycles. The van der Waals surface area contributed by atoms with Crippen molar-refractivity contribution in [3.05, 3.63) is 88.4 Å². The number of anilines is 1. The molecule has 0 radical (unpaired) electrons. The Morgan fingerprint density at radius 3 is 2.65 bits per heavy atom. The summed E-state index contributed by atoms with van der Waals surface area (Å²) in [5.74, 6) is -0.759. The van der Waals surface area contributed by atoms with Crippen molar-refractivity contribution in [3.63, 3.8) is 0 Å². The van der Waals surface area contributed by atoms with Crippen LogP contribution >= 0.6 is 11.6 Å². The third kappa shape index (κ3) is 5.80. The van der Waals surface area contributed by atoms with Gasteiger partial charge in [0.1, 0.15) is 0 Å². The number of likely N-dealkylation sites (tertiary alicyclic amines) is 1. The summed E-state index contributed by atoms with van der Waals surface area (Å²) >= 11 is 6.20. The molecule has 1 atom stereocenters. The number of nitrogens with one attached hydrogen (secondary N) is 1. The Kier molecular flexibility index (Phi) is 8.59. The molecule has 0 spiro atoms. The average Bonchev–Trinajstić information content (AvgIpc) is 3.03. The van der Waals surface area contributed by atoms with Gasteiger partial charge in [-0.1, -0.05) is 49.2 Å². The van der Waals surface area contributed by atoms with Crippen LogP contribution in [0.2, 0.25) is 5.02 Å². The fourth-order valence-electron chi connectivity index (χ4n) is 5.73. The van der Waals surface area contributed by atoms with E-state index in [1.54, 1.807) is 30.3 Å². The van der Waals surface area contributed by atoms with Crippen LogP contribution in [0.25, 0.3) is 0 Å². The largest absolute Gasteiger partial charge is 0.352 e. The molecule has 5 rings (SSSR count). The molecule has 1 fully saturated rings. The van der Waals surface area contributed by atoms with Crippen molar-refractivity contribution in [2.75, 3.05) is 24.5 Å². The first-order valence-corrected chi connectivity index (χ1v) is 15.7. The Morgan fingerprint density at radius 2 is 1.85 bits per heavy atom. The van der Waals surface area contributed by atoms with Gasteiger partial charge in [0, 0.05) is 29.7 Å². The Labute approximate surface area is 241 Å². The van der Waals surface area contributed by atoms with Crippen LogP contribution in [0.1, 0.15) is 65.3 Å². The molecular weight excluding hydrogens is 546 g/mol. The topological polar surface area (TPSA) is 86.8 Å². The number of sulfone groups is 1. The van der Waals surface area contributed by atoms with E-state index in [0.29, 0.717) is 23.2 Å². The molecule has 0 bridgehead atoms. The molecular formula is C31H34ClN3O4S. The third-order valence-electron chi connectivity index (χ3n) is 7.81. The Morgan fingerprint density at radius 1 is 1.02 bits per heavy atom. The normalized spacial score (nSPS) is 18.5. The van der Waals surface area contributed by atoms with Gasteiger partial charge in [-0.15, -0.1) is 0 Å². The number of fused-ring (bicyclic) bond motifs is 2. The lowest BCUT2D eigenvalue weighted by atomic mass is 10.00. The fraction of sp³-hybridized carbons (Fsp3) is 0.355. The van der Waals surface area contributed by atoms with E-state index in [1.165, 1.54) is 54.5 Å². The average molecular weight is 580 g/mol. The van der Waals surface area contributed by atoms with Crippen molar-refractivity contribution in [3.8, 4) is 0 Å². The second-order valence-corrected chi connectivity index (χ2v) is 12.7. The van der Waals surface area contributed by atoms with Crippen molar-refractivity contribution < 1.29 is 18.0 Å². The first-order chi connectivity index (χ1) is 19.3. The molecule has 7 nitrogen and oxygen atoms in total. The van der Waals surface area contributed by atoms with Crippen molar-refractivity contribution in [1.29, 1.82) is 0 Å². The second-order valence-electron chi connectivity index (χ2n) is 10.4. The zero-order valence-electron chi connectivity index (χ0n) is 22.6. The summed E-state index contributed by atoms with van der Waals surface area (Å²) in [7, 11) is -4.01. The SMILES string of the molecule is CC[C@H]1CCCCN1CCCNC(=O)c1ccc2c(c1)N(Cc1cccc(Cl)c1)C(=O)c1ccccc1S2(=O)=O. The van der Waals surface area contributed by atoms with E-state index < -0.39 is 15.7 Å². The molecule has 2 aliphatic heterocycles. The minimum absolute atomic E-state index is 0.0138. The number of rotatable bonds is 8. The summed E-state index contributed by atoms with van der Waals surface area (Å²) in [5, 5.41) is 3.49. The van der Waals surface area contributed by atoms with Gasteiger partial charge in [-0.3, -0.25) is 9.59 Å². The van der Waals surface area contributed by atoms with E-state index in [2.05, 4.69) is 17.1 Å². The summed E-state index contributed by atoms with van der Waals surface area (Å²) < 4.78 is 27.4. The van der Waals surface area contributed by atoms with Crippen molar-refractivity contribution in [1.82, 2.24) is 10.2 Å². The van der Waals surface area contributed by atoms with Gasteiger partial charge >= 0.3 is 0 Å². The number of benzene rings is 3. The highest BCUT2D eigenvalue weighted by atomic mass is 35.5. The minimum Gasteiger partial charge on any atom is -0.352 e. The predicted octanol–water partition coefficient (Wildman–Crippen LogP) is 5.72. The summed E-state index contributed by atoms with van der Waals surface area (Å²) in [6.45, 7) is 4.86. The standard InChI is InChI=1S/C31H34ClN3O4S/c1-2-25-11-5-6-17-34(25)18-8-16-33-30(36)23-14-15-29-27(20-23)35(21-22-9-7-10-24(32)19-22)31(37)26-12-3-4-13-28(26)40(29,38)39/h3-4,7,9-10,12-15,19-20,25H,2,5-6,8,11,16-18,21H2,1H3,(H,33,36)/t25-/m0/s1. The zero-order chi connectivity index (χ0) is 28.3. The zero-order valence-corrected chi connectivity index (χ0v) is 24.2. The van der Waals surface area contributed by atoms with Gasteiger partial charge in [0.15, 0.2) is 0 Å². The monoisotopic (exact) mass is 579 g/mol. The molecule has 2 heterocycles. The maximum absolute atomic E-state index is 13.8. The van der Waals surface area contributed by atoms with E-state index in [4.69, 9.17) is 11.6 Å². The third-order valence-corrected chi connectivity index (χ3v) is 9.91. The van der Waals surface area contributed by atoms with Crippen molar-refractivity contribution >= 4 is 38.9 Å². The van der Waals surface area contributed by atoms with Gasteiger partial charge in [-0.05, 0) is 80.3 Å². The molecule has 2 aliphatic rings. The maximum Gasteiger partial charge on any atom is 0.259 e. The quantitative estimate of drug-likeness (QED) is 0.345. The van der Waals surface area contributed by atoms with Crippen LogP contribution in [0.15, 0.2) is 76.5 Å². The highest BCUT2D eigenvalue weighted by Crippen LogP contribution is 2.38. The lowest BCUT2D eigenvalue weighted by molar-refractivity contribution is 0.0944. The van der Waals surface area contributed by atoms with Crippen LogP contribution in [0, 0.1) is 0 Å². The number of amides is 2. The second kappa shape index (κ2) is 12.1. The van der Waals surface area contributed by atoms with E-state index in [-0.39, 0.29) is 33.5 Å². The number of carbonyl (C=O) groups excluding carboxylic acids is 2. The number of hydrogen-bond acceptors (Lipinski definition) is 5. The molecule has 2 amide bonds. The summed E-state index contributed by atoms with van der Waals surface area (Å²) in [6, 6.07) is 18.4. The summed E-state index contributed by atoms with van der Waals surface area (Å²) in [5.41, 5.74) is 1.30. The molecule has 0 aliphatic carbocycles. The van der Waals surface area contributed by atoms with Crippen molar-refractivity contribution in [2.24, 2.45) is 0 Å². The molecule has 1 N–H and O–H groups in total. The first kappa shape index (κ1) is 28.3. The molecule has 0 unspecified atom stereocenters. The Bertz CT molecular complexity index is 1520. The van der Waals surface area contributed by atoms with Crippen LogP contribution in [0.3, 0.4) is 0 Å². The molecule has 3 aromatic rings. The van der Waals surface area contributed by atoms with Crippen LogP contribution in [-0.2, 0) is 16.4 Å². The van der Waals surface area contributed by atoms with Crippen LogP contribution in [-0.4, -0.2) is 50.8 Å². The molecule has 3 aromatic carbocycles. The van der Waals surface area contributed by atoms with Crippen LogP contribution in [0.4, 0.5) is 5.69 Å². The smallest absolute Gasteiger partial charge is 0.259 e. The number of halogens is 1. The van der Waals surface area contributed by atoms with E-state index >= 15 is 0 Å². The highest BCUT2D eigenvalue weighted by Gasteiger charge is 2.36. The molecule has 0 saturated carbocycles. The molecule has 1 saturated heterocycles. The van der Waals surface area contributed by atoms with Crippen LogP contribution < -0.4 is 10.2 Å². The number of carbonyl (C=O) groups is 2. The fourth-order valence-corrected chi connectivity index (χ4v) is 7.57. The molecule has 210 valence electrons. The summed E-state index contributed by atoms with van der Waals surface area (Å²) in [6.07, 6.45) is 5.70. The van der Waals surface area contributed by atoms with Gasteiger partial charge in [0.25, 0.3) is 11.8 Å². The Balaban J connectivity index is 1.42. The van der Waals surface area contributed by atoms with Gasteiger partial charge in [-0.2, -0.15) is 0 Å². The minimum atomic E-state index is -4.01. The predicted molar refractivity (Wildman–Crippen MR) is 157 cm³/mol. The van der Waals surface area contributed by atoms with E-state index in [9.17, 15) is 18.0 Å². The lowest BCUT2D eigenvalue weighted by Crippen LogP contribution is -2.40. The van der Waals surface area contributed by atoms with Gasteiger partial charge in [0.2, 0.25) is 9.84 Å². The van der Waals surface area contributed by atoms with E-state index in [0.717, 1.165) is 31.5 Å². The maximum atomic E-state index is 13.8. The lowest BCUT2D eigenvalue weighted by Gasteiger charge is -2.35. The number of piperidine rings is 1. The summed E-state index contributed by atoms with van der Waals surface area (Å²) in [4.78, 5) is 30.8. The van der Waals surface area contributed by atoms with E-state index in [1.807, 2.05) is 6.07 Å².